The van der Waals surface area contributed by atoms with Crippen LogP contribution in [0.15, 0.2) is 28.7 Å². The molecule has 2 heterocycles. The molecule has 0 unspecified atom stereocenters. The van der Waals surface area contributed by atoms with Crippen molar-refractivity contribution >= 4 is 16.9 Å². The van der Waals surface area contributed by atoms with Crippen LogP contribution in [0.4, 0.5) is 13.2 Å². The van der Waals surface area contributed by atoms with E-state index in [2.05, 4.69) is 9.97 Å². The van der Waals surface area contributed by atoms with Crippen LogP contribution in [0.3, 0.4) is 0 Å². The zero-order valence-corrected chi connectivity index (χ0v) is 14.7. The Balaban J connectivity index is 2.19. The van der Waals surface area contributed by atoms with Gasteiger partial charge in [-0.05, 0) is 38.1 Å². The summed E-state index contributed by atoms with van der Waals surface area (Å²) in [7, 11) is 1.34. The fourth-order valence-corrected chi connectivity index (χ4v) is 2.60. The monoisotopic (exact) mass is 380 g/mol. The lowest BCUT2D eigenvalue weighted by Gasteiger charge is -2.11. The summed E-state index contributed by atoms with van der Waals surface area (Å²) in [4.78, 5) is 19.8. The second kappa shape index (κ2) is 6.90. The van der Waals surface area contributed by atoms with Crippen molar-refractivity contribution in [1.82, 2.24) is 9.97 Å². The van der Waals surface area contributed by atoms with Crippen LogP contribution in [0, 0.1) is 6.92 Å². The number of oxazole rings is 1. The number of esters is 1. The van der Waals surface area contributed by atoms with Gasteiger partial charge in [-0.25, -0.2) is 14.8 Å². The second-order valence-electron chi connectivity index (χ2n) is 5.56. The van der Waals surface area contributed by atoms with Crippen LogP contribution in [-0.4, -0.2) is 29.7 Å². The number of fused-ring (bicyclic) bond motifs is 1. The van der Waals surface area contributed by atoms with Crippen molar-refractivity contribution in [2.75, 3.05) is 13.7 Å². The van der Waals surface area contributed by atoms with Gasteiger partial charge in [0.1, 0.15) is 17.0 Å². The lowest BCUT2D eigenvalue weighted by Crippen LogP contribution is -2.08. The van der Waals surface area contributed by atoms with Gasteiger partial charge in [-0.3, -0.25) is 0 Å². The Morgan fingerprint density at radius 1 is 1.19 bits per heavy atom. The van der Waals surface area contributed by atoms with Gasteiger partial charge in [-0.15, -0.1) is 0 Å². The molecule has 0 saturated carbocycles. The lowest BCUT2D eigenvalue weighted by molar-refractivity contribution is -0.140. The highest BCUT2D eigenvalue weighted by Gasteiger charge is 2.33. The summed E-state index contributed by atoms with van der Waals surface area (Å²) in [6, 6.07) is 5.19. The standard InChI is InChI=1S/C18H15F3N2O4/c1-4-26-17(24)15-9(2)22-16(27-15)11-5-7-12(25-3)14-10(11)6-8-13(23-14)18(19,20)21/h5-8H,4H2,1-3H3. The largest absolute Gasteiger partial charge is 0.494 e. The maximum Gasteiger partial charge on any atom is 0.433 e. The molecule has 1 aromatic carbocycles. The SMILES string of the molecule is CCOC(=O)c1oc(-c2ccc(OC)c3nc(C(F)(F)F)ccc23)nc1C. The van der Waals surface area contributed by atoms with Gasteiger partial charge in [-0.2, -0.15) is 13.2 Å². The first-order valence-electron chi connectivity index (χ1n) is 7.96. The van der Waals surface area contributed by atoms with Crippen LogP contribution >= 0.6 is 0 Å². The Kier molecular flexibility index (Phi) is 4.77. The number of carbonyl (C=O) groups excluding carboxylic acids is 1. The van der Waals surface area contributed by atoms with Crippen LogP contribution in [0.5, 0.6) is 5.75 Å². The van der Waals surface area contributed by atoms with Crippen LogP contribution in [0.25, 0.3) is 22.4 Å². The average Bonchev–Trinajstić information content (AvgIpc) is 3.01. The number of carbonyl (C=O) groups is 1. The highest BCUT2D eigenvalue weighted by Crippen LogP contribution is 2.36. The summed E-state index contributed by atoms with van der Waals surface area (Å²) in [5.41, 5.74) is -0.336. The summed E-state index contributed by atoms with van der Waals surface area (Å²) < 4.78 is 54.6. The van der Waals surface area contributed by atoms with Gasteiger partial charge in [0.15, 0.2) is 0 Å². The van der Waals surface area contributed by atoms with Gasteiger partial charge in [0.2, 0.25) is 11.7 Å². The van der Waals surface area contributed by atoms with Gasteiger partial charge in [-0.1, -0.05) is 0 Å². The predicted molar refractivity (Wildman–Crippen MR) is 89.5 cm³/mol. The summed E-state index contributed by atoms with van der Waals surface area (Å²) >= 11 is 0. The first kappa shape index (κ1) is 18.7. The molecule has 3 aromatic rings. The first-order chi connectivity index (χ1) is 12.8. The van der Waals surface area contributed by atoms with Crippen LogP contribution in [-0.2, 0) is 10.9 Å². The summed E-state index contributed by atoms with van der Waals surface area (Å²) in [6.45, 7) is 3.40. The van der Waals surface area contributed by atoms with E-state index < -0.39 is 17.8 Å². The Morgan fingerprint density at radius 3 is 2.56 bits per heavy atom. The molecule has 6 nitrogen and oxygen atoms in total. The number of pyridine rings is 1. The number of benzene rings is 1. The van der Waals surface area contributed by atoms with E-state index in [1.54, 1.807) is 19.9 Å². The smallest absolute Gasteiger partial charge is 0.433 e. The number of methoxy groups -OCH3 is 1. The van der Waals surface area contributed by atoms with E-state index in [0.717, 1.165) is 6.07 Å². The molecule has 0 atom stereocenters. The molecule has 0 aliphatic carbocycles. The lowest BCUT2D eigenvalue weighted by atomic mass is 10.1. The number of ether oxygens (including phenoxy) is 2. The third kappa shape index (κ3) is 3.44. The van der Waals surface area contributed by atoms with Crippen LogP contribution in [0.1, 0.15) is 28.9 Å². The van der Waals surface area contributed by atoms with Gasteiger partial charge in [0.05, 0.1) is 19.4 Å². The fourth-order valence-electron chi connectivity index (χ4n) is 2.60. The Morgan fingerprint density at radius 2 is 1.93 bits per heavy atom. The third-order valence-electron chi connectivity index (χ3n) is 3.82. The molecule has 0 amide bonds. The Labute approximate surface area is 151 Å². The minimum absolute atomic E-state index is 0.0124. The molecule has 2 aromatic heterocycles. The number of hydrogen-bond donors (Lipinski definition) is 0. The van der Waals surface area contributed by atoms with Crippen molar-refractivity contribution in [2.24, 2.45) is 0 Å². The highest BCUT2D eigenvalue weighted by atomic mass is 19.4. The van der Waals surface area contributed by atoms with Crippen LogP contribution < -0.4 is 4.74 Å². The van der Waals surface area contributed by atoms with Crippen molar-refractivity contribution in [3.05, 3.63) is 41.4 Å². The molecular weight excluding hydrogens is 365 g/mol. The molecule has 0 radical (unpaired) electrons. The molecule has 3 rings (SSSR count). The number of halogens is 3. The zero-order chi connectivity index (χ0) is 19.8. The van der Waals surface area contributed by atoms with E-state index in [-0.39, 0.29) is 29.5 Å². The van der Waals surface area contributed by atoms with Crippen molar-refractivity contribution in [2.45, 2.75) is 20.0 Å². The minimum atomic E-state index is -4.59. The molecule has 0 saturated heterocycles. The quantitative estimate of drug-likeness (QED) is 0.625. The molecule has 0 fully saturated rings. The fraction of sp³-hybridized carbons (Fsp3) is 0.278. The summed E-state index contributed by atoms with van der Waals surface area (Å²) in [5, 5.41) is 0.346. The van der Waals surface area contributed by atoms with Crippen molar-refractivity contribution in [3.8, 4) is 17.2 Å². The van der Waals surface area contributed by atoms with E-state index in [1.165, 1.54) is 19.2 Å². The molecule has 27 heavy (non-hydrogen) atoms. The molecule has 0 aliphatic heterocycles. The van der Waals surface area contributed by atoms with E-state index in [4.69, 9.17) is 13.9 Å². The molecule has 0 bridgehead atoms. The van der Waals surface area contributed by atoms with Gasteiger partial charge in [0, 0.05) is 10.9 Å². The van der Waals surface area contributed by atoms with Gasteiger partial charge >= 0.3 is 12.1 Å². The van der Waals surface area contributed by atoms with E-state index in [1.807, 2.05) is 0 Å². The van der Waals surface area contributed by atoms with Crippen molar-refractivity contribution in [1.29, 1.82) is 0 Å². The number of alkyl halides is 3. The molecule has 0 aliphatic rings. The van der Waals surface area contributed by atoms with E-state index >= 15 is 0 Å². The third-order valence-corrected chi connectivity index (χ3v) is 3.82. The number of rotatable bonds is 4. The van der Waals surface area contributed by atoms with Crippen molar-refractivity contribution < 1.29 is 31.9 Å². The number of nitrogens with zero attached hydrogens (tertiary/aromatic N) is 2. The van der Waals surface area contributed by atoms with E-state index in [9.17, 15) is 18.0 Å². The zero-order valence-electron chi connectivity index (χ0n) is 14.7. The highest BCUT2D eigenvalue weighted by molar-refractivity contribution is 5.97. The topological polar surface area (TPSA) is 74.5 Å². The number of aryl methyl sites for hydroxylation is 1. The summed E-state index contributed by atoms with van der Waals surface area (Å²) in [5.74, 6) is -0.474. The summed E-state index contributed by atoms with van der Waals surface area (Å²) in [6.07, 6.45) is -4.59. The molecule has 142 valence electrons. The minimum Gasteiger partial charge on any atom is -0.494 e. The van der Waals surface area contributed by atoms with E-state index in [0.29, 0.717) is 16.6 Å². The molecule has 0 N–H and O–H groups in total. The molecular formula is C18H15F3N2O4. The normalized spacial score (nSPS) is 11.6. The Bertz CT molecular complexity index is 1010. The van der Waals surface area contributed by atoms with Gasteiger partial charge in [0.25, 0.3) is 0 Å². The van der Waals surface area contributed by atoms with Gasteiger partial charge < -0.3 is 13.9 Å². The predicted octanol–water partition coefficient (Wildman–Crippen LogP) is 4.40. The molecule has 9 heteroatoms. The van der Waals surface area contributed by atoms with Crippen molar-refractivity contribution in [3.63, 3.8) is 0 Å². The number of aromatic nitrogens is 2. The van der Waals surface area contributed by atoms with Crippen LogP contribution in [0.2, 0.25) is 0 Å². The molecule has 0 spiro atoms. The maximum absolute atomic E-state index is 13.0. The second-order valence-corrected chi connectivity index (χ2v) is 5.56. The maximum atomic E-state index is 13.0. The number of hydrogen-bond acceptors (Lipinski definition) is 6. The Hall–Kier alpha value is -3.10. The first-order valence-corrected chi connectivity index (χ1v) is 7.96. The average molecular weight is 380 g/mol.